The van der Waals surface area contributed by atoms with Gasteiger partial charge in [0.25, 0.3) is 0 Å². The standard InChI is InChI=1S/C34H50F5NO4S/c1-30-13-11-28-27-10-9-26(41)23-25(27)22-24(29(28)31(30)14-16-32(30,42)17-15-31)8-4-3-5-18-40(2)19-7-21-45(43,44)20-6-12-33(35,36)34(37,38)39/h9-10,23-24,28-29,41-42H,3-8,11-22H2,1-2H3/t24-,28-,29-,30+,31?,32?/m1/s1. The molecular formula is C34H50F5NO4S. The van der Waals surface area contributed by atoms with Crippen LogP contribution in [0.2, 0.25) is 0 Å². The van der Waals surface area contributed by atoms with Gasteiger partial charge in [0.1, 0.15) is 15.6 Å². The number of benzene rings is 1. The summed E-state index contributed by atoms with van der Waals surface area (Å²) in [5.41, 5.74) is 2.28. The molecule has 0 heterocycles. The average Bonchev–Trinajstić information content (AvgIpc) is 3.31. The molecule has 5 rings (SSSR count). The summed E-state index contributed by atoms with van der Waals surface area (Å²) in [4.78, 5) is 2.05. The molecule has 45 heavy (non-hydrogen) atoms. The zero-order valence-corrected chi connectivity index (χ0v) is 27.5. The van der Waals surface area contributed by atoms with E-state index >= 15 is 0 Å². The molecule has 1 aromatic carbocycles. The fourth-order valence-corrected chi connectivity index (χ4v) is 11.6. The maximum Gasteiger partial charge on any atom is 0.453 e. The lowest BCUT2D eigenvalue weighted by Crippen LogP contribution is -2.54. The summed E-state index contributed by atoms with van der Waals surface area (Å²) in [7, 11) is -1.79. The molecule has 2 bridgehead atoms. The van der Waals surface area contributed by atoms with Gasteiger partial charge in [-0.25, -0.2) is 8.42 Å². The molecule has 0 radical (unpaired) electrons. The molecule has 1 aromatic rings. The Hall–Kier alpha value is -1.46. The lowest BCUT2D eigenvalue weighted by molar-refractivity contribution is -0.284. The van der Waals surface area contributed by atoms with Crippen LogP contribution in [0.4, 0.5) is 22.0 Å². The topological polar surface area (TPSA) is 77.8 Å². The summed E-state index contributed by atoms with van der Waals surface area (Å²) in [5.74, 6) is -3.95. The predicted molar refractivity (Wildman–Crippen MR) is 164 cm³/mol. The number of hydrogen-bond donors (Lipinski definition) is 2. The number of alkyl halides is 5. The third-order valence-corrected chi connectivity index (χ3v) is 14.4. The van der Waals surface area contributed by atoms with Crippen LogP contribution in [0.1, 0.15) is 107 Å². The lowest BCUT2D eigenvalue weighted by atomic mass is 9.45. The minimum Gasteiger partial charge on any atom is -0.508 e. The zero-order chi connectivity index (χ0) is 32.9. The van der Waals surface area contributed by atoms with Crippen molar-refractivity contribution in [1.29, 1.82) is 0 Å². The monoisotopic (exact) mass is 663 g/mol. The van der Waals surface area contributed by atoms with Crippen molar-refractivity contribution >= 4 is 9.84 Å². The number of unbranched alkanes of at least 4 members (excludes halogenated alkanes) is 2. The Balaban J connectivity index is 1.09. The highest BCUT2D eigenvalue weighted by Crippen LogP contribution is 2.78. The largest absolute Gasteiger partial charge is 0.508 e. The van der Waals surface area contributed by atoms with Crippen LogP contribution in [0.25, 0.3) is 0 Å². The molecule has 4 aliphatic carbocycles. The lowest BCUT2D eigenvalue weighted by Gasteiger charge is -2.59. The van der Waals surface area contributed by atoms with Crippen molar-refractivity contribution in [3.63, 3.8) is 0 Å². The molecule has 3 saturated carbocycles. The van der Waals surface area contributed by atoms with Gasteiger partial charge in [0, 0.05) is 11.8 Å². The Labute approximate surface area is 264 Å². The summed E-state index contributed by atoms with van der Waals surface area (Å²) in [6.07, 6.45) is 3.68. The molecular weight excluding hydrogens is 613 g/mol. The molecule has 4 aliphatic rings. The van der Waals surface area contributed by atoms with Crippen LogP contribution in [0, 0.1) is 22.7 Å². The highest BCUT2D eigenvalue weighted by molar-refractivity contribution is 7.91. The van der Waals surface area contributed by atoms with E-state index in [0.717, 1.165) is 77.2 Å². The Kier molecular flexibility index (Phi) is 9.71. The minimum atomic E-state index is -5.66. The predicted octanol–water partition coefficient (Wildman–Crippen LogP) is 7.64. The van der Waals surface area contributed by atoms with Gasteiger partial charge in [0.15, 0.2) is 0 Å². The van der Waals surface area contributed by atoms with Gasteiger partial charge in [-0.2, -0.15) is 22.0 Å². The number of aromatic hydroxyl groups is 1. The zero-order valence-electron chi connectivity index (χ0n) is 26.6. The summed E-state index contributed by atoms with van der Waals surface area (Å²) in [6, 6.07) is 5.92. The number of hydrogen-bond acceptors (Lipinski definition) is 5. The number of aliphatic hydroxyl groups is 1. The number of fused-ring (bicyclic) bond motifs is 3. The van der Waals surface area contributed by atoms with Crippen molar-refractivity contribution in [3.05, 3.63) is 29.3 Å². The molecule has 2 N–H and O–H groups in total. The van der Waals surface area contributed by atoms with Gasteiger partial charge in [-0.15, -0.1) is 0 Å². The molecule has 11 heteroatoms. The third-order valence-electron chi connectivity index (χ3n) is 12.6. The molecule has 0 unspecified atom stereocenters. The van der Waals surface area contributed by atoms with Crippen LogP contribution in [-0.4, -0.2) is 72.9 Å². The number of phenolic OH excluding ortho intramolecular Hbond substituents is 1. The van der Waals surface area contributed by atoms with Gasteiger partial charge in [-0.3, -0.25) is 0 Å². The number of sulfone groups is 1. The maximum absolute atomic E-state index is 13.1. The van der Waals surface area contributed by atoms with Crippen molar-refractivity contribution in [3.8, 4) is 5.75 Å². The first-order chi connectivity index (χ1) is 20.9. The first kappa shape index (κ1) is 34.9. The number of rotatable bonds is 14. The van der Waals surface area contributed by atoms with Gasteiger partial charge in [0.2, 0.25) is 0 Å². The smallest absolute Gasteiger partial charge is 0.453 e. The second-order valence-electron chi connectivity index (χ2n) is 15.0. The van der Waals surface area contributed by atoms with Crippen LogP contribution in [0.3, 0.4) is 0 Å². The fraction of sp³-hybridized carbons (Fsp3) is 0.824. The summed E-state index contributed by atoms with van der Waals surface area (Å²) in [5, 5.41) is 21.9. The summed E-state index contributed by atoms with van der Waals surface area (Å²) < 4.78 is 87.4. The highest BCUT2D eigenvalue weighted by atomic mass is 32.2. The van der Waals surface area contributed by atoms with Crippen molar-refractivity contribution in [2.45, 2.75) is 120 Å². The maximum atomic E-state index is 13.1. The Morgan fingerprint density at radius 1 is 0.933 bits per heavy atom. The van der Waals surface area contributed by atoms with Gasteiger partial charge in [-0.1, -0.05) is 25.8 Å². The van der Waals surface area contributed by atoms with Crippen molar-refractivity contribution in [2.75, 3.05) is 31.6 Å². The molecule has 4 atom stereocenters. The Bertz CT molecular complexity index is 1310. The fourth-order valence-electron chi connectivity index (χ4n) is 10.2. The molecule has 5 nitrogen and oxygen atoms in total. The summed E-state index contributed by atoms with van der Waals surface area (Å²) >= 11 is 0. The van der Waals surface area contributed by atoms with E-state index in [-0.39, 0.29) is 16.6 Å². The van der Waals surface area contributed by atoms with E-state index in [1.54, 1.807) is 0 Å². The molecule has 0 aliphatic heterocycles. The Morgan fingerprint density at radius 3 is 2.29 bits per heavy atom. The van der Waals surface area contributed by atoms with Gasteiger partial charge in [0.05, 0.1) is 17.1 Å². The molecule has 3 fully saturated rings. The van der Waals surface area contributed by atoms with Crippen molar-refractivity contribution < 1.29 is 40.6 Å². The van der Waals surface area contributed by atoms with Crippen LogP contribution in [0.15, 0.2) is 18.2 Å². The Morgan fingerprint density at radius 2 is 1.60 bits per heavy atom. The van der Waals surface area contributed by atoms with Crippen molar-refractivity contribution in [1.82, 2.24) is 4.90 Å². The molecule has 0 spiro atoms. The number of nitrogens with zero attached hydrogens (tertiary/aromatic N) is 1. The number of phenols is 1. The van der Waals surface area contributed by atoms with Crippen LogP contribution < -0.4 is 0 Å². The third kappa shape index (κ3) is 6.52. The minimum absolute atomic E-state index is 0.0296. The van der Waals surface area contributed by atoms with Gasteiger partial charge < -0.3 is 15.1 Å². The van der Waals surface area contributed by atoms with E-state index in [1.165, 1.54) is 11.1 Å². The first-order valence-electron chi connectivity index (χ1n) is 16.8. The van der Waals surface area contributed by atoms with E-state index in [0.29, 0.717) is 36.5 Å². The van der Waals surface area contributed by atoms with Gasteiger partial charge in [-0.05, 0) is 137 Å². The van der Waals surface area contributed by atoms with Crippen LogP contribution in [0.5, 0.6) is 5.75 Å². The second kappa shape index (κ2) is 12.5. The van der Waals surface area contributed by atoms with E-state index in [4.69, 9.17) is 0 Å². The highest BCUT2D eigenvalue weighted by Gasteiger charge is 2.74. The van der Waals surface area contributed by atoms with E-state index in [9.17, 15) is 40.6 Å². The quantitative estimate of drug-likeness (QED) is 0.158. The average molecular weight is 664 g/mol. The van der Waals surface area contributed by atoms with E-state index in [1.807, 2.05) is 24.1 Å². The molecule has 256 valence electrons. The second-order valence-corrected chi connectivity index (χ2v) is 17.3. The van der Waals surface area contributed by atoms with Crippen LogP contribution >= 0.6 is 0 Å². The van der Waals surface area contributed by atoms with E-state index < -0.39 is 46.1 Å². The normalized spacial score (nSPS) is 32.9. The van der Waals surface area contributed by atoms with Gasteiger partial charge >= 0.3 is 12.1 Å². The van der Waals surface area contributed by atoms with Crippen molar-refractivity contribution in [2.24, 2.45) is 22.7 Å². The van der Waals surface area contributed by atoms with E-state index in [2.05, 4.69) is 13.0 Å². The summed E-state index contributed by atoms with van der Waals surface area (Å²) in [6.45, 7) is 3.66. The first-order valence-corrected chi connectivity index (χ1v) is 18.6. The van der Waals surface area contributed by atoms with Crippen LogP contribution in [-0.2, 0) is 16.3 Å². The molecule has 0 saturated heterocycles. The molecule has 0 amide bonds. The number of halogens is 5. The SMILES string of the molecule is CN(CCCCC[C@@H]1Cc2cc(O)ccc2[C@H]2CC[C@]3(C)C4(O)CCC3(CC4)[C@H]12)CCCS(=O)(=O)CCCC(F)(F)C(F)(F)F. The molecule has 0 aromatic heterocycles.